The molecule has 1 aromatic rings. The van der Waals surface area contributed by atoms with Gasteiger partial charge in [0.15, 0.2) is 0 Å². The Balaban J connectivity index is 1.22. The van der Waals surface area contributed by atoms with Gasteiger partial charge in [-0.15, -0.1) is 0 Å². The van der Waals surface area contributed by atoms with E-state index >= 15 is 0 Å². The molecule has 0 aliphatic carbocycles. The van der Waals surface area contributed by atoms with Crippen molar-refractivity contribution in [3.8, 4) is 0 Å². The molecule has 7 heteroatoms. The largest absolute Gasteiger partial charge is 0.378 e. The molecule has 0 saturated carbocycles. The van der Waals surface area contributed by atoms with Gasteiger partial charge in [0.2, 0.25) is 5.91 Å². The summed E-state index contributed by atoms with van der Waals surface area (Å²) in [5, 5.41) is 4.48. The Morgan fingerprint density at radius 2 is 1.89 bits per heavy atom. The van der Waals surface area contributed by atoms with Gasteiger partial charge < -0.3 is 14.5 Å². The number of piperidine rings is 2. The Labute approximate surface area is 168 Å². The van der Waals surface area contributed by atoms with Crippen LogP contribution < -0.4 is 0 Å². The molecule has 7 nitrogen and oxygen atoms in total. The second-order valence-corrected chi connectivity index (χ2v) is 8.56. The number of hydrogen-bond donors (Lipinski definition) is 0. The molecule has 3 fully saturated rings. The number of aromatic nitrogens is 2. The molecule has 3 aliphatic heterocycles. The molecule has 4 heterocycles. The maximum absolute atomic E-state index is 12.9. The Morgan fingerprint density at radius 1 is 1.11 bits per heavy atom. The highest BCUT2D eigenvalue weighted by molar-refractivity contribution is 5.79. The molecule has 1 aromatic heterocycles. The summed E-state index contributed by atoms with van der Waals surface area (Å²) in [7, 11) is 0. The number of likely N-dealkylation sites (tertiary alicyclic amines) is 2. The predicted octanol–water partition coefficient (Wildman–Crippen LogP) is 1.23. The standard InChI is InChI=1S/C21H35N5O2/c1-18-4-10-26(22-18)12-11-23-8-5-20(6-9-23)25-7-2-3-19(17-25)21(27)24-13-15-28-16-14-24/h4,10,19-20H,2-3,5-9,11-17H2,1H3/t19-/m1/s1. The van der Waals surface area contributed by atoms with E-state index in [0.29, 0.717) is 25.2 Å². The van der Waals surface area contributed by atoms with Crippen molar-refractivity contribution < 1.29 is 9.53 Å². The minimum atomic E-state index is 0.188. The second kappa shape index (κ2) is 9.37. The first-order valence-electron chi connectivity index (χ1n) is 11.0. The molecule has 1 amide bonds. The zero-order chi connectivity index (χ0) is 19.3. The van der Waals surface area contributed by atoms with Crippen molar-refractivity contribution in [1.82, 2.24) is 24.5 Å². The van der Waals surface area contributed by atoms with E-state index in [-0.39, 0.29) is 5.92 Å². The molecule has 0 radical (unpaired) electrons. The molecule has 3 saturated heterocycles. The lowest BCUT2D eigenvalue weighted by molar-refractivity contribution is -0.142. The number of amides is 1. The average molecular weight is 390 g/mol. The van der Waals surface area contributed by atoms with Crippen LogP contribution in [-0.2, 0) is 16.1 Å². The van der Waals surface area contributed by atoms with Crippen molar-refractivity contribution in [3.63, 3.8) is 0 Å². The van der Waals surface area contributed by atoms with E-state index in [0.717, 1.165) is 70.9 Å². The quantitative estimate of drug-likeness (QED) is 0.758. The number of aryl methyl sites for hydroxylation is 1. The van der Waals surface area contributed by atoms with Gasteiger partial charge in [0.25, 0.3) is 0 Å². The summed E-state index contributed by atoms with van der Waals surface area (Å²) in [6.45, 7) is 11.4. The Hall–Kier alpha value is -1.44. The van der Waals surface area contributed by atoms with Gasteiger partial charge in [0, 0.05) is 38.4 Å². The van der Waals surface area contributed by atoms with E-state index in [1.54, 1.807) is 0 Å². The number of rotatable bonds is 5. The third kappa shape index (κ3) is 4.93. The van der Waals surface area contributed by atoms with Crippen molar-refractivity contribution in [2.75, 3.05) is 59.0 Å². The summed E-state index contributed by atoms with van der Waals surface area (Å²) < 4.78 is 7.45. The van der Waals surface area contributed by atoms with Crippen molar-refractivity contribution in [1.29, 1.82) is 0 Å². The Bertz CT molecular complexity index is 634. The number of hydrogen-bond acceptors (Lipinski definition) is 5. The van der Waals surface area contributed by atoms with Crippen molar-refractivity contribution in [2.45, 2.75) is 45.2 Å². The van der Waals surface area contributed by atoms with Crippen LogP contribution in [-0.4, -0.2) is 95.5 Å². The number of carbonyl (C=O) groups excluding carboxylic acids is 1. The third-order valence-electron chi connectivity index (χ3n) is 6.62. The zero-order valence-electron chi connectivity index (χ0n) is 17.3. The minimum absolute atomic E-state index is 0.188. The lowest BCUT2D eigenvalue weighted by Crippen LogP contribution is -2.52. The van der Waals surface area contributed by atoms with Crippen LogP contribution in [0.15, 0.2) is 12.3 Å². The molecule has 0 unspecified atom stereocenters. The van der Waals surface area contributed by atoms with Gasteiger partial charge in [0.1, 0.15) is 0 Å². The molecule has 0 bridgehead atoms. The number of ether oxygens (including phenoxy) is 1. The summed E-state index contributed by atoms with van der Waals surface area (Å²) in [6.07, 6.45) is 6.71. The molecule has 0 spiro atoms. The van der Waals surface area contributed by atoms with Gasteiger partial charge in [-0.25, -0.2) is 0 Å². The summed E-state index contributed by atoms with van der Waals surface area (Å²) in [4.78, 5) is 20.1. The van der Waals surface area contributed by atoms with Crippen LogP contribution in [0.5, 0.6) is 0 Å². The third-order valence-corrected chi connectivity index (χ3v) is 6.62. The van der Waals surface area contributed by atoms with Crippen molar-refractivity contribution in [3.05, 3.63) is 18.0 Å². The summed E-state index contributed by atoms with van der Waals surface area (Å²) in [5.41, 5.74) is 1.09. The molecular formula is C21H35N5O2. The minimum Gasteiger partial charge on any atom is -0.378 e. The van der Waals surface area contributed by atoms with E-state index in [1.807, 2.05) is 16.5 Å². The lowest BCUT2D eigenvalue weighted by Gasteiger charge is -2.43. The number of morpholine rings is 1. The SMILES string of the molecule is Cc1ccn(CCN2CCC(N3CCC[C@@H](C(=O)N4CCOCC4)C3)CC2)n1. The highest BCUT2D eigenvalue weighted by Crippen LogP contribution is 2.25. The van der Waals surface area contributed by atoms with Gasteiger partial charge in [-0.3, -0.25) is 14.4 Å². The van der Waals surface area contributed by atoms with Crippen LogP contribution in [0, 0.1) is 12.8 Å². The van der Waals surface area contributed by atoms with E-state index in [4.69, 9.17) is 4.74 Å². The highest BCUT2D eigenvalue weighted by atomic mass is 16.5. The van der Waals surface area contributed by atoms with E-state index in [9.17, 15) is 4.79 Å². The van der Waals surface area contributed by atoms with Crippen LogP contribution in [0.3, 0.4) is 0 Å². The second-order valence-electron chi connectivity index (χ2n) is 8.56. The number of carbonyl (C=O) groups is 1. The fourth-order valence-corrected chi connectivity index (χ4v) is 4.92. The molecule has 0 N–H and O–H groups in total. The summed E-state index contributed by atoms with van der Waals surface area (Å²) in [6, 6.07) is 2.71. The first-order valence-corrected chi connectivity index (χ1v) is 11.0. The van der Waals surface area contributed by atoms with E-state index in [1.165, 1.54) is 12.8 Å². The topological polar surface area (TPSA) is 53.8 Å². The van der Waals surface area contributed by atoms with Crippen LogP contribution in [0.25, 0.3) is 0 Å². The smallest absolute Gasteiger partial charge is 0.227 e. The monoisotopic (exact) mass is 389 g/mol. The molecular weight excluding hydrogens is 354 g/mol. The highest BCUT2D eigenvalue weighted by Gasteiger charge is 2.33. The zero-order valence-corrected chi connectivity index (χ0v) is 17.3. The maximum atomic E-state index is 12.9. The average Bonchev–Trinajstić information content (AvgIpc) is 3.18. The summed E-state index contributed by atoms with van der Waals surface area (Å²) >= 11 is 0. The molecule has 3 aliphatic rings. The molecule has 0 aromatic carbocycles. The maximum Gasteiger partial charge on any atom is 0.227 e. The molecule has 28 heavy (non-hydrogen) atoms. The first-order chi connectivity index (χ1) is 13.7. The van der Waals surface area contributed by atoms with Crippen LogP contribution in [0.1, 0.15) is 31.4 Å². The summed E-state index contributed by atoms with van der Waals surface area (Å²) in [5.74, 6) is 0.549. The Kier molecular flexibility index (Phi) is 6.65. The van der Waals surface area contributed by atoms with Gasteiger partial charge in [-0.05, 0) is 58.3 Å². The fourth-order valence-electron chi connectivity index (χ4n) is 4.92. The van der Waals surface area contributed by atoms with Gasteiger partial charge >= 0.3 is 0 Å². The van der Waals surface area contributed by atoms with Crippen LogP contribution in [0.2, 0.25) is 0 Å². The van der Waals surface area contributed by atoms with Crippen LogP contribution >= 0.6 is 0 Å². The van der Waals surface area contributed by atoms with Gasteiger partial charge in [-0.1, -0.05) is 0 Å². The van der Waals surface area contributed by atoms with Crippen LogP contribution in [0.4, 0.5) is 0 Å². The fraction of sp³-hybridized carbons (Fsp3) is 0.810. The molecule has 4 rings (SSSR count). The van der Waals surface area contributed by atoms with Gasteiger partial charge in [-0.2, -0.15) is 5.10 Å². The predicted molar refractivity (Wildman–Crippen MR) is 108 cm³/mol. The van der Waals surface area contributed by atoms with Gasteiger partial charge in [0.05, 0.1) is 31.4 Å². The first kappa shape index (κ1) is 19.9. The Morgan fingerprint density at radius 3 is 2.61 bits per heavy atom. The van der Waals surface area contributed by atoms with E-state index in [2.05, 4.69) is 27.2 Å². The molecule has 1 atom stereocenters. The van der Waals surface area contributed by atoms with Crippen molar-refractivity contribution in [2.24, 2.45) is 5.92 Å². The van der Waals surface area contributed by atoms with E-state index < -0.39 is 0 Å². The molecule has 156 valence electrons. The van der Waals surface area contributed by atoms with Crippen molar-refractivity contribution >= 4 is 5.91 Å². The number of nitrogens with zero attached hydrogens (tertiary/aromatic N) is 5. The lowest BCUT2D eigenvalue weighted by atomic mass is 9.92. The normalized spacial score (nSPS) is 25.9.